The number of rotatable bonds is 5. The molecule has 1 amide bonds. The second kappa shape index (κ2) is 7.93. The number of nitrogens with zero attached hydrogens (tertiary/aromatic N) is 2. The van der Waals surface area contributed by atoms with E-state index < -0.39 is 21.9 Å². The lowest BCUT2D eigenvalue weighted by molar-refractivity contribution is -0.112. The number of hydrogen-bond acceptors (Lipinski definition) is 3. The van der Waals surface area contributed by atoms with Crippen LogP contribution in [0.3, 0.4) is 0 Å². The van der Waals surface area contributed by atoms with Crippen molar-refractivity contribution < 1.29 is 17.6 Å². The Balaban J connectivity index is 1.85. The van der Waals surface area contributed by atoms with Gasteiger partial charge in [0.05, 0.1) is 17.8 Å². The number of amides is 1. The molecule has 6 nitrogen and oxygen atoms in total. The van der Waals surface area contributed by atoms with Crippen LogP contribution in [0.2, 0.25) is 0 Å². The zero-order chi connectivity index (χ0) is 20.3. The summed E-state index contributed by atoms with van der Waals surface area (Å²) < 4.78 is 42.5. The molecule has 0 bridgehead atoms. The van der Waals surface area contributed by atoms with E-state index in [2.05, 4.69) is 9.71 Å². The Morgan fingerprint density at radius 3 is 2.54 bits per heavy atom. The van der Waals surface area contributed by atoms with Crippen molar-refractivity contribution >= 4 is 27.5 Å². The van der Waals surface area contributed by atoms with Gasteiger partial charge in [-0.25, -0.2) is 4.39 Å². The molecular formula is C20H20FN3O3S. The molecule has 1 N–H and O–H groups in total. The highest BCUT2D eigenvalue weighted by Gasteiger charge is 2.28. The molecule has 2 aromatic carbocycles. The molecule has 0 fully saturated rings. The Morgan fingerprint density at radius 1 is 1.14 bits per heavy atom. The summed E-state index contributed by atoms with van der Waals surface area (Å²) in [6.45, 7) is 3.43. The quantitative estimate of drug-likeness (QED) is 0.834. The number of anilines is 1. The zero-order valence-corrected chi connectivity index (χ0v) is 16.3. The zero-order valence-electron chi connectivity index (χ0n) is 15.5. The SMILES string of the molecule is CCc1cccc(NC(=O)C2=CN(Cc3ccc(F)cc3)S(=O)(=O)N=C2C)c1. The fraction of sp³-hybridized carbons (Fsp3) is 0.200. The molecule has 0 saturated carbocycles. The van der Waals surface area contributed by atoms with Crippen LogP contribution in [0.4, 0.5) is 10.1 Å². The third-order valence-electron chi connectivity index (χ3n) is 4.30. The maximum absolute atomic E-state index is 13.1. The van der Waals surface area contributed by atoms with E-state index in [1.807, 2.05) is 25.1 Å². The Labute approximate surface area is 163 Å². The summed E-state index contributed by atoms with van der Waals surface area (Å²) in [5.41, 5.74) is 2.53. The van der Waals surface area contributed by atoms with Crippen molar-refractivity contribution in [1.82, 2.24) is 4.31 Å². The minimum absolute atomic E-state index is 0.0541. The van der Waals surface area contributed by atoms with Crippen LogP contribution in [0.5, 0.6) is 0 Å². The number of nitrogens with one attached hydrogen (secondary N) is 1. The second-order valence-corrected chi connectivity index (χ2v) is 7.92. The molecule has 0 radical (unpaired) electrons. The van der Waals surface area contributed by atoms with Gasteiger partial charge in [-0.3, -0.25) is 9.10 Å². The number of benzene rings is 2. The standard InChI is InChI=1S/C20H20FN3O3S/c1-3-15-5-4-6-18(11-15)22-20(25)19-13-24(28(26,27)23-14(19)2)12-16-7-9-17(21)10-8-16/h4-11,13H,3,12H2,1-2H3,(H,22,25). The lowest BCUT2D eigenvalue weighted by atomic mass is 10.1. The van der Waals surface area contributed by atoms with Crippen molar-refractivity contribution in [2.45, 2.75) is 26.8 Å². The molecule has 0 atom stereocenters. The van der Waals surface area contributed by atoms with Gasteiger partial charge in [0.15, 0.2) is 0 Å². The average Bonchev–Trinajstić information content (AvgIpc) is 2.65. The summed E-state index contributed by atoms with van der Waals surface area (Å²) in [5, 5.41) is 2.78. The smallest absolute Gasteiger partial charge is 0.322 e. The largest absolute Gasteiger partial charge is 0.344 e. The van der Waals surface area contributed by atoms with Crippen LogP contribution in [0.15, 0.2) is 64.7 Å². The van der Waals surface area contributed by atoms with Crippen molar-refractivity contribution in [3.63, 3.8) is 0 Å². The highest BCUT2D eigenvalue weighted by molar-refractivity contribution is 7.88. The van der Waals surface area contributed by atoms with E-state index in [4.69, 9.17) is 0 Å². The first-order valence-corrected chi connectivity index (χ1v) is 10.1. The summed E-state index contributed by atoms with van der Waals surface area (Å²) in [6.07, 6.45) is 2.09. The molecule has 0 saturated heterocycles. The van der Waals surface area contributed by atoms with Gasteiger partial charge in [-0.05, 0) is 48.7 Å². The van der Waals surface area contributed by atoms with Crippen LogP contribution < -0.4 is 5.32 Å². The number of aryl methyl sites for hydroxylation is 1. The van der Waals surface area contributed by atoms with Gasteiger partial charge < -0.3 is 5.32 Å². The third-order valence-corrected chi connectivity index (χ3v) is 5.63. The topological polar surface area (TPSA) is 78.8 Å². The van der Waals surface area contributed by atoms with Crippen molar-refractivity contribution in [2.24, 2.45) is 4.40 Å². The Morgan fingerprint density at radius 2 is 1.86 bits per heavy atom. The summed E-state index contributed by atoms with van der Waals surface area (Å²) in [7, 11) is -3.96. The minimum Gasteiger partial charge on any atom is -0.322 e. The maximum atomic E-state index is 13.1. The molecule has 0 unspecified atom stereocenters. The molecule has 0 aliphatic carbocycles. The Bertz CT molecular complexity index is 1060. The molecule has 1 heterocycles. The van der Waals surface area contributed by atoms with E-state index in [0.29, 0.717) is 11.3 Å². The average molecular weight is 401 g/mol. The van der Waals surface area contributed by atoms with Gasteiger partial charge in [0.1, 0.15) is 5.82 Å². The summed E-state index contributed by atoms with van der Waals surface area (Å²) >= 11 is 0. The lowest BCUT2D eigenvalue weighted by Gasteiger charge is -2.23. The molecule has 0 aromatic heterocycles. The van der Waals surface area contributed by atoms with Gasteiger partial charge in [0, 0.05) is 11.9 Å². The molecule has 28 heavy (non-hydrogen) atoms. The summed E-state index contributed by atoms with van der Waals surface area (Å²) in [5.74, 6) is -0.863. The highest BCUT2D eigenvalue weighted by Crippen LogP contribution is 2.21. The molecule has 0 spiro atoms. The number of carbonyl (C=O) groups excluding carboxylic acids is 1. The summed E-state index contributed by atoms with van der Waals surface area (Å²) in [4.78, 5) is 12.7. The van der Waals surface area contributed by atoms with E-state index in [1.165, 1.54) is 37.4 Å². The van der Waals surface area contributed by atoms with Crippen molar-refractivity contribution in [3.05, 3.63) is 77.2 Å². The van der Waals surface area contributed by atoms with Crippen molar-refractivity contribution in [2.75, 3.05) is 5.32 Å². The molecular weight excluding hydrogens is 381 g/mol. The Kier molecular flexibility index (Phi) is 5.60. The molecule has 1 aliphatic heterocycles. The van der Waals surface area contributed by atoms with Gasteiger partial charge in [-0.1, -0.05) is 31.2 Å². The molecule has 1 aliphatic rings. The van der Waals surface area contributed by atoms with Crippen LogP contribution in [-0.4, -0.2) is 24.3 Å². The third kappa shape index (κ3) is 4.45. The van der Waals surface area contributed by atoms with Crippen LogP contribution in [0.1, 0.15) is 25.0 Å². The number of hydrogen-bond donors (Lipinski definition) is 1. The summed E-state index contributed by atoms with van der Waals surface area (Å²) in [6, 6.07) is 12.9. The first kappa shape index (κ1) is 19.8. The van der Waals surface area contributed by atoms with Gasteiger partial charge in [0.25, 0.3) is 5.91 Å². The monoisotopic (exact) mass is 401 g/mol. The molecule has 3 rings (SSSR count). The molecule has 146 valence electrons. The Hall–Kier alpha value is -3.00. The minimum atomic E-state index is -3.96. The fourth-order valence-corrected chi connectivity index (χ4v) is 3.87. The van der Waals surface area contributed by atoms with E-state index in [-0.39, 0.29) is 17.8 Å². The predicted molar refractivity (Wildman–Crippen MR) is 107 cm³/mol. The maximum Gasteiger partial charge on any atom is 0.344 e. The van der Waals surface area contributed by atoms with Gasteiger partial charge in [0.2, 0.25) is 0 Å². The van der Waals surface area contributed by atoms with Crippen molar-refractivity contribution in [1.29, 1.82) is 0 Å². The van der Waals surface area contributed by atoms with Crippen LogP contribution >= 0.6 is 0 Å². The van der Waals surface area contributed by atoms with Gasteiger partial charge in [-0.15, -0.1) is 4.40 Å². The van der Waals surface area contributed by atoms with Gasteiger partial charge >= 0.3 is 10.2 Å². The lowest BCUT2D eigenvalue weighted by Crippen LogP contribution is -2.32. The van der Waals surface area contributed by atoms with Gasteiger partial charge in [-0.2, -0.15) is 8.42 Å². The predicted octanol–water partition coefficient (Wildman–Crippen LogP) is 3.43. The van der Waals surface area contributed by atoms with E-state index in [0.717, 1.165) is 16.3 Å². The molecule has 2 aromatic rings. The normalized spacial score (nSPS) is 15.6. The van der Waals surface area contributed by atoms with E-state index in [9.17, 15) is 17.6 Å². The first-order valence-electron chi connectivity index (χ1n) is 8.74. The van der Waals surface area contributed by atoms with Crippen LogP contribution in [-0.2, 0) is 28.0 Å². The second-order valence-electron chi connectivity index (χ2n) is 6.38. The van der Waals surface area contributed by atoms with Crippen molar-refractivity contribution in [3.8, 4) is 0 Å². The highest BCUT2D eigenvalue weighted by atomic mass is 32.2. The van der Waals surface area contributed by atoms with E-state index in [1.54, 1.807) is 6.07 Å². The number of halogens is 1. The van der Waals surface area contributed by atoms with E-state index >= 15 is 0 Å². The first-order chi connectivity index (χ1) is 13.3. The number of carbonyl (C=O) groups is 1. The van der Waals surface area contributed by atoms with Crippen LogP contribution in [0.25, 0.3) is 0 Å². The fourth-order valence-electron chi connectivity index (χ4n) is 2.77. The van der Waals surface area contributed by atoms with Crippen LogP contribution in [0, 0.1) is 5.82 Å². The molecule has 8 heteroatoms.